The van der Waals surface area contributed by atoms with Gasteiger partial charge in [-0.1, -0.05) is 19.9 Å². The molecule has 0 saturated heterocycles. The number of ether oxygens (including phenoxy) is 2. The quantitative estimate of drug-likeness (QED) is 0.870. The average molecular weight is 235 g/mol. The van der Waals surface area contributed by atoms with Gasteiger partial charge in [0, 0.05) is 5.56 Å². The summed E-state index contributed by atoms with van der Waals surface area (Å²) in [6, 6.07) is 4.58. The van der Waals surface area contributed by atoms with E-state index in [0.717, 1.165) is 24.3 Å². The number of benzene rings is 1. The summed E-state index contributed by atoms with van der Waals surface area (Å²) in [7, 11) is 3.68. The van der Waals surface area contributed by atoms with E-state index in [4.69, 9.17) is 9.47 Å². The summed E-state index contributed by atoms with van der Waals surface area (Å²) in [6.07, 6.45) is 2.21. The third kappa shape index (κ3) is 2.00. The first kappa shape index (κ1) is 12.2. The van der Waals surface area contributed by atoms with Crippen molar-refractivity contribution in [3.05, 3.63) is 23.3 Å². The summed E-state index contributed by atoms with van der Waals surface area (Å²) < 4.78 is 11.4. The van der Waals surface area contributed by atoms with Crippen LogP contribution in [-0.4, -0.2) is 20.3 Å². The second kappa shape index (κ2) is 4.96. The Kier molecular flexibility index (Phi) is 3.57. The maximum absolute atomic E-state index is 5.99. The predicted molar refractivity (Wildman–Crippen MR) is 68.9 cm³/mol. The molecule has 0 amide bonds. The van der Waals surface area contributed by atoms with Gasteiger partial charge in [-0.05, 0) is 31.5 Å². The molecule has 0 saturated carbocycles. The van der Waals surface area contributed by atoms with Gasteiger partial charge in [-0.2, -0.15) is 0 Å². The van der Waals surface area contributed by atoms with E-state index in [1.54, 1.807) is 7.11 Å². The third-order valence-electron chi connectivity index (χ3n) is 3.46. The molecular formula is C14H21NO2. The molecule has 0 aliphatic carbocycles. The van der Waals surface area contributed by atoms with E-state index in [0.29, 0.717) is 0 Å². The van der Waals surface area contributed by atoms with E-state index in [9.17, 15) is 0 Å². The van der Waals surface area contributed by atoms with Gasteiger partial charge in [-0.15, -0.1) is 0 Å². The smallest absolute Gasteiger partial charge is 0.166 e. The highest BCUT2D eigenvalue weighted by atomic mass is 16.5. The van der Waals surface area contributed by atoms with Gasteiger partial charge in [0.1, 0.15) is 6.10 Å². The zero-order chi connectivity index (χ0) is 12.4. The third-order valence-corrected chi connectivity index (χ3v) is 3.46. The molecule has 1 N–H and O–H groups in total. The maximum atomic E-state index is 5.99. The van der Waals surface area contributed by atoms with Crippen LogP contribution in [0.25, 0.3) is 0 Å². The van der Waals surface area contributed by atoms with Crippen LogP contribution in [0.4, 0.5) is 0 Å². The topological polar surface area (TPSA) is 30.5 Å². The lowest BCUT2D eigenvalue weighted by molar-refractivity contribution is 0.184. The van der Waals surface area contributed by atoms with Crippen LogP contribution in [0.15, 0.2) is 12.1 Å². The fourth-order valence-corrected chi connectivity index (χ4v) is 2.48. The second-order valence-corrected chi connectivity index (χ2v) is 4.40. The molecule has 1 aliphatic heterocycles. The van der Waals surface area contributed by atoms with Crippen molar-refractivity contribution in [3.63, 3.8) is 0 Å². The average Bonchev–Trinajstić information content (AvgIpc) is 2.74. The lowest BCUT2D eigenvalue weighted by Gasteiger charge is -2.16. The van der Waals surface area contributed by atoms with Crippen LogP contribution in [0, 0.1) is 0 Å². The predicted octanol–water partition coefficient (Wildman–Crippen LogP) is 2.69. The highest BCUT2D eigenvalue weighted by Gasteiger charge is 2.34. The highest BCUT2D eigenvalue weighted by molar-refractivity contribution is 5.53. The summed E-state index contributed by atoms with van der Waals surface area (Å²) in [4.78, 5) is 0. The minimum Gasteiger partial charge on any atom is -0.493 e. The molecule has 0 spiro atoms. The van der Waals surface area contributed by atoms with Crippen LogP contribution in [0.1, 0.15) is 37.4 Å². The van der Waals surface area contributed by atoms with E-state index < -0.39 is 0 Å². The van der Waals surface area contributed by atoms with Gasteiger partial charge in [0.2, 0.25) is 0 Å². The fourth-order valence-electron chi connectivity index (χ4n) is 2.48. The van der Waals surface area contributed by atoms with E-state index in [1.807, 2.05) is 7.05 Å². The summed E-state index contributed by atoms with van der Waals surface area (Å²) in [6.45, 7) is 4.30. The number of nitrogens with one attached hydrogen (secondary N) is 1. The van der Waals surface area contributed by atoms with E-state index in [-0.39, 0.29) is 12.1 Å². The second-order valence-electron chi connectivity index (χ2n) is 4.40. The Morgan fingerprint density at radius 1 is 1.35 bits per heavy atom. The molecule has 0 fully saturated rings. The first-order valence-corrected chi connectivity index (χ1v) is 6.29. The maximum Gasteiger partial charge on any atom is 0.166 e. The molecule has 0 radical (unpaired) electrons. The zero-order valence-corrected chi connectivity index (χ0v) is 11.0. The Hall–Kier alpha value is -1.22. The normalized spacial score (nSPS) is 22.1. The number of hydrogen-bond acceptors (Lipinski definition) is 3. The molecule has 0 aromatic heterocycles. The number of methoxy groups -OCH3 is 1. The molecule has 0 bridgehead atoms. The number of aryl methyl sites for hydroxylation is 1. The van der Waals surface area contributed by atoms with Crippen LogP contribution in [0.3, 0.4) is 0 Å². The van der Waals surface area contributed by atoms with Gasteiger partial charge in [0.25, 0.3) is 0 Å². The summed E-state index contributed by atoms with van der Waals surface area (Å²) in [5.41, 5.74) is 2.52. The molecule has 3 nitrogen and oxygen atoms in total. The number of hydrogen-bond donors (Lipinski definition) is 1. The van der Waals surface area contributed by atoms with Gasteiger partial charge in [-0.3, -0.25) is 0 Å². The molecule has 2 unspecified atom stereocenters. The van der Waals surface area contributed by atoms with Crippen molar-refractivity contribution < 1.29 is 9.47 Å². The van der Waals surface area contributed by atoms with Gasteiger partial charge >= 0.3 is 0 Å². The molecule has 94 valence electrons. The van der Waals surface area contributed by atoms with Crippen LogP contribution in [0.2, 0.25) is 0 Å². The molecule has 2 rings (SSSR count). The van der Waals surface area contributed by atoms with Crippen LogP contribution in [0.5, 0.6) is 11.5 Å². The first-order valence-electron chi connectivity index (χ1n) is 6.29. The lowest BCUT2D eigenvalue weighted by Crippen LogP contribution is -2.27. The number of rotatable bonds is 4. The van der Waals surface area contributed by atoms with Gasteiger partial charge in [0.05, 0.1) is 13.2 Å². The Balaban J connectivity index is 2.48. The minimum absolute atomic E-state index is 0.205. The molecule has 1 aliphatic rings. The monoisotopic (exact) mass is 235 g/mol. The Morgan fingerprint density at radius 2 is 2.12 bits per heavy atom. The first-order chi connectivity index (χ1) is 8.24. The standard InChI is InChI=1S/C14H21NO2/c1-5-9-7-10-13(15-3)11(6-2)17-14(10)12(8-9)16-4/h7-8,11,13,15H,5-6H2,1-4H3. The van der Waals surface area contributed by atoms with Gasteiger partial charge in [-0.25, -0.2) is 0 Å². The van der Waals surface area contributed by atoms with E-state index in [1.165, 1.54) is 11.1 Å². The Morgan fingerprint density at radius 3 is 2.65 bits per heavy atom. The number of fused-ring (bicyclic) bond motifs is 1. The van der Waals surface area contributed by atoms with Crippen LogP contribution >= 0.6 is 0 Å². The van der Waals surface area contributed by atoms with Gasteiger partial charge in [0.15, 0.2) is 11.5 Å². The van der Waals surface area contributed by atoms with Crippen molar-refractivity contribution in [1.82, 2.24) is 5.32 Å². The van der Waals surface area contributed by atoms with Crippen molar-refractivity contribution in [1.29, 1.82) is 0 Å². The van der Waals surface area contributed by atoms with E-state index >= 15 is 0 Å². The summed E-state index contributed by atoms with van der Waals surface area (Å²) in [5.74, 6) is 1.77. The fraction of sp³-hybridized carbons (Fsp3) is 0.571. The van der Waals surface area contributed by atoms with Crippen molar-refractivity contribution >= 4 is 0 Å². The molecule has 3 heteroatoms. The van der Waals surface area contributed by atoms with Gasteiger partial charge < -0.3 is 14.8 Å². The molecule has 1 heterocycles. The Labute approximate surface area is 103 Å². The van der Waals surface area contributed by atoms with Crippen LogP contribution in [-0.2, 0) is 6.42 Å². The van der Waals surface area contributed by atoms with Crippen LogP contribution < -0.4 is 14.8 Å². The molecule has 1 aromatic rings. The largest absolute Gasteiger partial charge is 0.493 e. The SMILES string of the molecule is CCc1cc(OC)c2c(c1)C(NC)C(CC)O2. The van der Waals surface area contributed by atoms with Crippen molar-refractivity contribution in [3.8, 4) is 11.5 Å². The van der Waals surface area contributed by atoms with Crippen molar-refractivity contribution in [2.75, 3.05) is 14.2 Å². The minimum atomic E-state index is 0.205. The van der Waals surface area contributed by atoms with Crippen molar-refractivity contribution in [2.45, 2.75) is 38.8 Å². The molecule has 1 aromatic carbocycles. The zero-order valence-electron chi connectivity index (χ0n) is 11.0. The molecular weight excluding hydrogens is 214 g/mol. The summed E-state index contributed by atoms with van der Waals surface area (Å²) in [5, 5.41) is 3.34. The highest BCUT2D eigenvalue weighted by Crippen LogP contribution is 2.44. The summed E-state index contributed by atoms with van der Waals surface area (Å²) >= 11 is 0. The molecule has 2 atom stereocenters. The Bertz CT molecular complexity index is 403. The van der Waals surface area contributed by atoms with Crippen molar-refractivity contribution in [2.24, 2.45) is 0 Å². The molecule has 17 heavy (non-hydrogen) atoms. The number of likely N-dealkylation sites (N-methyl/N-ethyl adjacent to an activating group) is 1. The van der Waals surface area contributed by atoms with E-state index in [2.05, 4.69) is 31.3 Å². The lowest BCUT2D eigenvalue weighted by atomic mass is 9.99.